The van der Waals surface area contributed by atoms with E-state index in [9.17, 15) is 4.79 Å². The average Bonchev–Trinajstić information content (AvgIpc) is 3.32. The zero-order valence-corrected chi connectivity index (χ0v) is 12.9. The van der Waals surface area contributed by atoms with E-state index in [4.69, 9.17) is 10.1 Å². The molecule has 1 fully saturated rings. The lowest BCUT2D eigenvalue weighted by atomic mass is 10.1. The number of aryl methyl sites for hydroxylation is 1. The van der Waals surface area contributed by atoms with E-state index in [2.05, 4.69) is 15.6 Å². The van der Waals surface area contributed by atoms with E-state index < -0.39 is 5.97 Å². The van der Waals surface area contributed by atoms with E-state index in [0.29, 0.717) is 18.0 Å². The Labute approximate surface area is 133 Å². The van der Waals surface area contributed by atoms with Crippen molar-refractivity contribution in [3.8, 4) is 0 Å². The molecule has 0 amide bonds. The quantitative estimate of drug-likeness (QED) is 0.802. The van der Waals surface area contributed by atoms with Crippen LogP contribution in [0.1, 0.15) is 46.1 Å². The summed E-state index contributed by atoms with van der Waals surface area (Å²) < 4.78 is 2.17. The van der Waals surface area contributed by atoms with Gasteiger partial charge in [0.1, 0.15) is 11.3 Å². The Morgan fingerprint density at radius 3 is 2.70 bits per heavy atom. The number of rotatable bonds is 4. The number of hydrogen-bond donors (Lipinski definition) is 1. The van der Waals surface area contributed by atoms with Crippen LogP contribution in [-0.4, -0.2) is 25.6 Å². The molecule has 23 heavy (non-hydrogen) atoms. The first-order valence-electron chi connectivity index (χ1n) is 7.77. The summed E-state index contributed by atoms with van der Waals surface area (Å²) in [5, 5.41) is 9.00. The summed E-state index contributed by atoms with van der Waals surface area (Å²) in [6, 6.07) is 9.08. The summed E-state index contributed by atoms with van der Waals surface area (Å²) >= 11 is 0. The van der Waals surface area contributed by atoms with Gasteiger partial charge in [-0.15, -0.1) is 0 Å². The van der Waals surface area contributed by atoms with Crippen LogP contribution in [0.4, 0.5) is 0 Å². The Balaban J connectivity index is 1.75. The molecule has 1 aliphatic carbocycles. The number of benzene rings is 1. The zero-order valence-electron chi connectivity index (χ0n) is 12.9. The molecule has 4 rings (SSSR count). The van der Waals surface area contributed by atoms with Gasteiger partial charge in [-0.1, -0.05) is 12.1 Å². The van der Waals surface area contributed by atoms with E-state index in [1.165, 1.54) is 12.8 Å². The fraction of sp³-hybridized carbons (Fsp3) is 0.278. The van der Waals surface area contributed by atoms with Crippen LogP contribution in [-0.2, 0) is 6.54 Å². The second-order valence-corrected chi connectivity index (χ2v) is 6.19. The van der Waals surface area contributed by atoms with Crippen LogP contribution in [0.5, 0.6) is 0 Å². The zero-order chi connectivity index (χ0) is 16.0. The summed E-state index contributed by atoms with van der Waals surface area (Å²) in [6.45, 7) is 2.69. The van der Waals surface area contributed by atoms with Crippen molar-refractivity contribution in [1.82, 2.24) is 14.5 Å². The van der Waals surface area contributed by atoms with Gasteiger partial charge < -0.3 is 9.67 Å². The molecule has 0 radical (unpaired) electrons. The third-order valence-corrected chi connectivity index (χ3v) is 4.24. The van der Waals surface area contributed by atoms with Crippen molar-refractivity contribution in [2.45, 2.75) is 32.2 Å². The Bertz CT molecular complexity index is 893. The van der Waals surface area contributed by atoms with Gasteiger partial charge in [-0.25, -0.2) is 14.8 Å². The largest absolute Gasteiger partial charge is 0.478 e. The smallest absolute Gasteiger partial charge is 0.335 e. The molecule has 116 valence electrons. The third kappa shape index (κ3) is 2.59. The van der Waals surface area contributed by atoms with Crippen LogP contribution in [0.25, 0.3) is 11.2 Å². The van der Waals surface area contributed by atoms with Gasteiger partial charge in [-0.05, 0) is 49.1 Å². The predicted octanol–water partition coefficient (Wildman–Crippen LogP) is 3.36. The Morgan fingerprint density at radius 1 is 1.30 bits per heavy atom. The van der Waals surface area contributed by atoms with Crippen LogP contribution >= 0.6 is 0 Å². The molecular weight excluding hydrogens is 290 g/mol. The number of hydrogen-bond acceptors (Lipinski definition) is 3. The molecule has 1 aromatic carbocycles. The molecule has 0 unspecified atom stereocenters. The SMILES string of the molecule is Cc1cnc2c(c1)nc(C1CC1)n2Cc1ccc(C(=O)O)cc1. The Morgan fingerprint density at radius 2 is 2.04 bits per heavy atom. The van der Waals surface area contributed by atoms with Crippen molar-refractivity contribution in [3.05, 3.63) is 59.0 Å². The Hall–Kier alpha value is -2.69. The fourth-order valence-corrected chi connectivity index (χ4v) is 2.87. The van der Waals surface area contributed by atoms with Crippen LogP contribution in [0, 0.1) is 6.92 Å². The van der Waals surface area contributed by atoms with Gasteiger partial charge in [0.05, 0.1) is 12.1 Å². The standard InChI is InChI=1S/C18H17N3O2/c1-11-8-15-17(19-9-11)21(16(20-15)13-6-7-13)10-12-2-4-14(5-3-12)18(22)23/h2-5,8-9,13H,6-7,10H2,1H3,(H,22,23). The number of pyridine rings is 1. The maximum atomic E-state index is 11.0. The number of nitrogens with zero attached hydrogens (tertiary/aromatic N) is 3. The number of aromatic carboxylic acids is 1. The lowest BCUT2D eigenvalue weighted by molar-refractivity contribution is 0.0697. The monoisotopic (exact) mass is 307 g/mol. The van der Waals surface area contributed by atoms with Crippen LogP contribution in [0.15, 0.2) is 36.5 Å². The highest BCUT2D eigenvalue weighted by molar-refractivity contribution is 5.87. The van der Waals surface area contributed by atoms with Gasteiger partial charge in [0.2, 0.25) is 0 Å². The number of aromatic nitrogens is 3. The minimum atomic E-state index is -0.902. The van der Waals surface area contributed by atoms with Crippen molar-refractivity contribution < 1.29 is 9.90 Å². The van der Waals surface area contributed by atoms with Crippen LogP contribution < -0.4 is 0 Å². The summed E-state index contributed by atoms with van der Waals surface area (Å²) in [5.74, 6) is 0.726. The molecule has 0 saturated heterocycles. The number of imidazole rings is 1. The molecule has 1 N–H and O–H groups in total. The summed E-state index contributed by atoms with van der Waals surface area (Å²) in [7, 11) is 0. The predicted molar refractivity (Wildman–Crippen MR) is 86.7 cm³/mol. The van der Waals surface area contributed by atoms with Gasteiger partial charge >= 0.3 is 5.97 Å². The van der Waals surface area contributed by atoms with E-state index in [1.807, 2.05) is 25.3 Å². The molecule has 1 aliphatic rings. The molecular formula is C18H17N3O2. The van der Waals surface area contributed by atoms with Gasteiger partial charge in [0, 0.05) is 12.1 Å². The summed E-state index contributed by atoms with van der Waals surface area (Å²) in [6.07, 6.45) is 4.23. The molecule has 0 atom stereocenters. The number of carboxylic acids is 1. The first-order valence-corrected chi connectivity index (χ1v) is 7.77. The second kappa shape index (κ2) is 5.19. The van der Waals surface area contributed by atoms with Crippen molar-refractivity contribution >= 4 is 17.1 Å². The summed E-state index contributed by atoms with van der Waals surface area (Å²) in [4.78, 5) is 20.3. The first-order chi connectivity index (χ1) is 11.1. The van der Waals surface area contributed by atoms with Crippen molar-refractivity contribution in [2.24, 2.45) is 0 Å². The van der Waals surface area contributed by atoms with Gasteiger partial charge in [0.15, 0.2) is 5.65 Å². The van der Waals surface area contributed by atoms with Gasteiger partial charge in [-0.3, -0.25) is 0 Å². The second-order valence-electron chi connectivity index (χ2n) is 6.19. The Kier molecular flexibility index (Phi) is 3.15. The molecule has 5 heteroatoms. The number of carbonyl (C=O) groups is 1. The van der Waals surface area contributed by atoms with E-state index in [0.717, 1.165) is 28.1 Å². The number of carboxylic acid groups (broad SMARTS) is 1. The average molecular weight is 307 g/mol. The minimum absolute atomic E-state index is 0.306. The lowest BCUT2D eigenvalue weighted by Gasteiger charge is -2.08. The minimum Gasteiger partial charge on any atom is -0.478 e. The highest BCUT2D eigenvalue weighted by atomic mass is 16.4. The van der Waals surface area contributed by atoms with E-state index >= 15 is 0 Å². The maximum absolute atomic E-state index is 11.0. The normalized spacial score (nSPS) is 14.3. The highest BCUT2D eigenvalue weighted by Crippen LogP contribution is 2.40. The van der Waals surface area contributed by atoms with Gasteiger partial charge in [0.25, 0.3) is 0 Å². The fourth-order valence-electron chi connectivity index (χ4n) is 2.87. The summed E-state index contributed by atoms with van der Waals surface area (Å²) in [5.41, 5.74) is 4.31. The molecule has 0 aliphatic heterocycles. The molecule has 2 heterocycles. The van der Waals surface area contributed by atoms with Crippen LogP contribution in [0.2, 0.25) is 0 Å². The molecule has 2 aromatic heterocycles. The first kappa shape index (κ1) is 13.9. The third-order valence-electron chi connectivity index (χ3n) is 4.24. The van der Waals surface area contributed by atoms with Crippen molar-refractivity contribution in [1.29, 1.82) is 0 Å². The molecule has 3 aromatic rings. The number of fused-ring (bicyclic) bond motifs is 1. The maximum Gasteiger partial charge on any atom is 0.335 e. The van der Waals surface area contributed by atoms with Crippen molar-refractivity contribution in [2.75, 3.05) is 0 Å². The molecule has 0 bridgehead atoms. The lowest BCUT2D eigenvalue weighted by Crippen LogP contribution is -2.06. The highest BCUT2D eigenvalue weighted by Gasteiger charge is 2.30. The van der Waals surface area contributed by atoms with Crippen molar-refractivity contribution in [3.63, 3.8) is 0 Å². The van der Waals surface area contributed by atoms with Gasteiger partial charge in [-0.2, -0.15) is 0 Å². The molecule has 1 saturated carbocycles. The van der Waals surface area contributed by atoms with E-state index in [-0.39, 0.29) is 0 Å². The molecule has 0 spiro atoms. The van der Waals surface area contributed by atoms with Crippen LogP contribution in [0.3, 0.4) is 0 Å². The topological polar surface area (TPSA) is 68.0 Å². The van der Waals surface area contributed by atoms with E-state index in [1.54, 1.807) is 12.1 Å². The molecule has 5 nitrogen and oxygen atoms in total.